The Bertz CT molecular complexity index is 3000. The van der Waals surface area contributed by atoms with Crippen LogP contribution in [0.1, 0.15) is 91.1 Å². The fourth-order valence-electron chi connectivity index (χ4n) is 8.32. The van der Waals surface area contributed by atoms with Crippen molar-refractivity contribution in [1.29, 1.82) is 0 Å². The summed E-state index contributed by atoms with van der Waals surface area (Å²) >= 11 is 0. The molecule has 316 valence electrons. The molecule has 0 radical (unpaired) electrons. The average Bonchev–Trinajstić information content (AvgIpc) is 3.88. The van der Waals surface area contributed by atoms with Gasteiger partial charge in [-0.15, -0.1) is 0 Å². The van der Waals surface area contributed by atoms with Crippen LogP contribution in [0.15, 0.2) is 75.9 Å². The molecule has 6 heterocycles. The molecule has 62 heavy (non-hydrogen) atoms. The van der Waals surface area contributed by atoms with Crippen LogP contribution in [0, 0.1) is 20.8 Å². The van der Waals surface area contributed by atoms with Gasteiger partial charge in [0.05, 0.1) is 22.8 Å². The Kier molecular flexibility index (Phi) is 11.2. The van der Waals surface area contributed by atoms with Gasteiger partial charge >= 0.3 is 17.6 Å². The number of aromatic nitrogens is 4. The lowest BCUT2D eigenvalue weighted by atomic mass is 9.94. The van der Waals surface area contributed by atoms with Gasteiger partial charge in [-0.3, -0.25) is 9.59 Å². The maximum atomic E-state index is 11.9. The third-order valence-corrected chi connectivity index (χ3v) is 12.2. The second-order valence-electron chi connectivity index (χ2n) is 16.0. The van der Waals surface area contributed by atoms with Crippen LogP contribution < -0.4 is 15.1 Å². The maximum absolute atomic E-state index is 11.9. The summed E-state index contributed by atoms with van der Waals surface area (Å²) in [5, 5.41) is 20.2. The van der Waals surface area contributed by atoms with Crippen molar-refractivity contribution in [1.82, 2.24) is 19.9 Å². The number of H-pyrrole nitrogens is 2. The summed E-state index contributed by atoms with van der Waals surface area (Å²) in [5.74, 6) is -0.549. The Morgan fingerprint density at radius 1 is 0.613 bits per heavy atom. The Balaban J connectivity index is 1.24. The molecule has 6 aromatic rings. The Hall–Kier alpha value is -7.21. The predicted molar refractivity (Wildman–Crippen MR) is 242 cm³/mol. The lowest BCUT2D eigenvalue weighted by Crippen LogP contribution is -2.09. The van der Waals surface area contributed by atoms with Crippen LogP contribution in [0.5, 0.6) is 11.5 Å². The molecule has 0 saturated heterocycles. The van der Waals surface area contributed by atoms with Crippen molar-refractivity contribution >= 4 is 67.3 Å². The molecular weight excluding hydrogens is 785 g/mol. The zero-order valence-electron chi connectivity index (χ0n) is 35.8. The monoisotopic (exact) mass is 832 g/mol. The number of hydrogen-bond acceptors (Lipinski definition) is 8. The third kappa shape index (κ3) is 8.03. The highest BCUT2D eigenvalue weighted by Crippen LogP contribution is 2.42. The van der Waals surface area contributed by atoms with Crippen LogP contribution >= 0.6 is 0 Å². The minimum Gasteiger partial charge on any atom is -0.490 e. The van der Waals surface area contributed by atoms with Gasteiger partial charge in [0.1, 0.15) is 30.3 Å². The van der Waals surface area contributed by atoms with Crippen LogP contribution in [-0.4, -0.2) is 55.3 Å². The van der Waals surface area contributed by atoms with Gasteiger partial charge in [-0.25, -0.2) is 14.8 Å². The predicted octanol–water partition coefficient (Wildman–Crippen LogP) is 10.4. The average molecular weight is 833 g/mol. The largest absolute Gasteiger partial charge is 0.490 e. The molecule has 0 saturated carbocycles. The fourth-order valence-corrected chi connectivity index (χ4v) is 8.32. The summed E-state index contributed by atoms with van der Waals surface area (Å²) in [6, 6.07) is 20.8. The number of carbonyl (C=O) groups is 2. The molecule has 8 bridgehead atoms. The maximum Gasteiger partial charge on any atom is 0.336 e. The molecule has 2 aliphatic heterocycles. The second kappa shape index (κ2) is 16.7. The molecule has 0 aliphatic carbocycles. The van der Waals surface area contributed by atoms with E-state index < -0.39 is 17.6 Å². The first-order valence-electron chi connectivity index (χ1n) is 20.6. The van der Waals surface area contributed by atoms with Crippen molar-refractivity contribution in [2.75, 3.05) is 13.2 Å². The molecule has 12 nitrogen and oxygen atoms in total. The van der Waals surface area contributed by atoms with E-state index in [1.165, 1.54) is 6.07 Å². The first-order chi connectivity index (χ1) is 29.7. The molecule has 0 spiro atoms. The van der Waals surface area contributed by atoms with Crippen molar-refractivity contribution < 1.29 is 33.7 Å². The van der Waals surface area contributed by atoms with Crippen molar-refractivity contribution in [2.24, 2.45) is 0 Å². The highest BCUT2D eigenvalue weighted by atomic mass is 16.5. The van der Waals surface area contributed by atoms with Gasteiger partial charge in [-0.05, 0) is 159 Å². The number of nitrogens with one attached hydrogen (secondary N) is 2. The first-order valence-corrected chi connectivity index (χ1v) is 20.6. The SMILES string of the molecule is CC1=C(C)c2nc1cc1[nH]c(cc3[nH]c(cc4nc(c2-c2ccc(OCCOc5ccc6c(C)cc(=O)oc6c5)cc2)C(C)=C4C)c(C)c3CCC(=O)O)c(CCC(=O)O)c1C. The van der Waals surface area contributed by atoms with Crippen LogP contribution in [0.2, 0.25) is 0 Å². The fraction of sp³-hybridized carbons (Fsp3) is 0.260. The molecule has 12 heteroatoms. The van der Waals surface area contributed by atoms with Crippen LogP contribution in [0.25, 0.3) is 66.5 Å². The molecule has 0 amide bonds. The third-order valence-electron chi connectivity index (χ3n) is 12.2. The van der Waals surface area contributed by atoms with Crippen molar-refractivity contribution in [2.45, 2.75) is 74.1 Å². The van der Waals surface area contributed by atoms with Crippen LogP contribution in [0.3, 0.4) is 0 Å². The zero-order chi connectivity index (χ0) is 44.0. The highest BCUT2D eigenvalue weighted by Gasteiger charge is 2.25. The summed E-state index contributed by atoms with van der Waals surface area (Å²) in [4.78, 5) is 53.2. The second-order valence-corrected chi connectivity index (χ2v) is 16.0. The van der Waals surface area contributed by atoms with Gasteiger partial charge in [0.15, 0.2) is 0 Å². The summed E-state index contributed by atoms with van der Waals surface area (Å²) < 4.78 is 17.4. The van der Waals surface area contributed by atoms with Gasteiger partial charge in [-0.1, -0.05) is 12.1 Å². The van der Waals surface area contributed by atoms with E-state index in [4.69, 9.17) is 23.9 Å². The number of carboxylic acids is 2. The van der Waals surface area contributed by atoms with Gasteiger partial charge < -0.3 is 34.1 Å². The van der Waals surface area contributed by atoms with Crippen molar-refractivity contribution in [3.63, 3.8) is 0 Å². The molecule has 0 fully saturated rings. The summed E-state index contributed by atoms with van der Waals surface area (Å²) in [7, 11) is 0. The molecule has 0 atom stereocenters. The molecule has 2 aromatic carbocycles. The summed E-state index contributed by atoms with van der Waals surface area (Å²) in [6.07, 6.45) is 0.534. The lowest BCUT2D eigenvalue weighted by Gasteiger charge is -2.12. The van der Waals surface area contributed by atoms with E-state index in [1.807, 2.05) is 75.4 Å². The molecule has 4 N–H and O–H groups in total. The molecule has 4 aromatic heterocycles. The van der Waals surface area contributed by atoms with Gasteiger partial charge in [0.2, 0.25) is 0 Å². The van der Waals surface area contributed by atoms with Crippen molar-refractivity contribution in [3.8, 4) is 22.6 Å². The van der Waals surface area contributed by atoms with E-state index in [9.17, 15) is 24.6 Å². The number of aromatic amines is 2. The molecule has 2 aliphatic rings. The van der Waals surface area contributed by atoms with E-state index in [1.54, 1.807) is 6.07 Å². The highest BCUT2D eigenvalue weighted by molar-refractivity contribution is 6.01. The minimum absolute atomic E-state index is 0.0448. The topological polar surface area (TPSA) is 181 Å². The van der Waals surface area contributed by atoms with E-state index in [0.717, 1.165) is 111 Å². The molecular formula is C50H48N4O8. The summed E-state index contributed by atoms with van der Waals surface area (Å²) in [5.41, 5.74) is 16.6. The number of aryl methyl sites for hydroxylation is 5. The zero-order valence-corrected chi connectivity index (χ0v) is 35.8. The molecule has 0 unspecified atom stereocenters. The standard InChI is InChI=1S/C50H48N4O8/c1-25-20-47(59)62-44-21-34(12-13-35(25)44)61-19-18-60-33-10-8-32(9-11-33)48-49-28(4)26(2)38(53-49)22-40-30(6)36(14-16-45(55)56)42(51-40)24-43-37(15-17-46(57)58)31(7)41(52-43)23-39-27(3)29(5)50(48)54-39/h8-13,20-24,51-52H,14-19H2,1-7H3,(H,55,56)(H,57,58). The van der Waals surface area contributed by atoms with Crippen molar-refractivity contribution in [3.05, 3.63) is 128 Å². The van der Waals surface area contributed by atoms with E-state index in [0.29, 0.717) is 29.9 Å². The number of aliphatic carboxylic acids is 2. The van der Waals surface area contributed by atoms with E-state index in [-0.39, 0.29) is 26.1 Å². The smallest absolute Gasteiger partial charge is 0.336 e. The number of nitrogens with zero attached hydrogens (tertiary/aromatic N) is 2. The number of rotatable bonds is 12. The number of carboxylic acid groups (broad SMARTS) is 2. The summed E-state index contributed by atoms with van der Waals surface area (Å²) in [6.45, 7) is 14.7. The Labute approximate surface area is 357 Å². The molecule has 8 rings (SSSR count). The van der Waals surface area contributed by atoms with E-state index in [2.05, 4.69) is 37.7 Å². The van der Waals surface area contributed by atoms with Crippen LogP contribution in [0.4, 0.5) is 0 Å². The first kappa shape index (κ1) is 41.5. The number of ether oxygens (including phenoxy) is 2. The van der Waals surface area contributed by atoms with Crippen LogP contribution in [-0.2, 0) is 22.4 Å². The minimum atomic E-state index is -0.891. The quantitative estimate of drug-likeness (QED) is 0.0684. The normalized spacial score (nSPS) is 12.7. The Morgan fingerprint density at radius 3 is 1.63 bits per heavy atom. The van der Waals surface area contributed by atoms with Gasteiger partial charge in [0.25, 0.3) is 0 Å². The van der Waals surface area contributed by atoms with Gasteiger partial charge in [-0.2, -0.15) is 0 Å². The number of benzene rings is 2. The number of allylic oxidation sites excluding steroid dienone is 4. The number of hydrogen-bond donors (Lipinski definition) is 4. The van der Waals surface area contributed by atoms with E-state index >= 15 is 0 Å². The van der Waals surface area contributed by atoms with Gasteiger partial charge in [0, 0.05) is 58.0 Å². The Morgan fingerprint density at radius 2 is 1.11 bits per heavy atom. The number of fused-ring (bicyclic) bond motifs is 9. The lowest BCUT2D eigenvalue weighted by molar-refractivity contribution is -0.138.